The Labute approximate surface area is 81.6 Å². The molecule has 2 aromatic heterocycles. The van der Waals surface area contributed by atoms with Gasteiger partial charge in [-0.2, -0.15) is 5.10 Å². The van der Waals surface area contributed by atoms with Crippen molar-refractivity contribution in [3.8, 4) is 11.1 Å². The second-order valence-corrected chi connectivity index (χ2v) is 2.91. The number of anilines is 1. The molecular formula is C9H11N5. The van der Waals surface area contributed by atoms with E-state index in [1.54, 1.807) is 18.6 Å². The van der Waals surface area contributed by atoms with Gasteiger partial charge in [0, 0.05) is 36.3 Å². The van der Waals surface area contributed by atoms with Gasteiger partial charge in [0.1, 0.15) is 0 Å². The number of rotatable bonds is 2. The van der Waals surface area contributed by atoms with Gasteiger partial charge < -0.3 is 5.73 Å². The third-order valence-electron chi connectivity index (χ3n) is 1.96. The molecule has 2 N–H and O–H groups in total. The second-order valence-electron chi connectivity index (χ2n) is 2.91. The zero-order valence-corrected chi connectivity index (χ0v) is 7.88. The Morgan fingerprint density at radius 1 is 1.21 bits per heavy atom. The van der Waals surface area contributed by atoms with Crippen molar-refractivity contribution < 1.29 is 0 Å². The van der Waals surface area contributed by atoms with Crippen LogP contribution in [0.5, 0.6) is 0 Å². The third-order valence-corrected chi connectivity index (χ3v) is 1.96. The molecule has 0 aromatic carbocycles. The van der Waals surface area contributed by atoms with Gasteiger partial charge in [0.2, 0.25) is 5.95 Å². The van der Waals surface area contributed by atoms with Crippen molar-refractivity contribution in [3.05, 3.63) is 24.8 Å². The zero-order valence-electron chi connectivity index (χ0n) is 7.88. The van der Waals surface area contributed by atoms with Crippen LogP contribution in [0.2, 0.25) is 0 Å². The van der Waals surface area contributed by atoms with E-state index in [2.05, 4.69) is 15.1 Å². The lowest BCUT2D eigenvalue weighted by molar-refractivity contribution is 0.660. The van der Waals surface area contributed by atoms with Gasteiger partial charge in [-0.3, -0.25) is 4.68 Å². The molecule has 0 atom stereocenters. The Bertz CT molecular complexity index is 417. The first kappa shape index (κ1) is 8.68. The molecule has 2 rings (SSSR count). The minimum Gasteiger partial charge on any atom is -0.368 e. The van der Waals surface area contributed by atoms with Crippen molar-refractivity contribution in [2.24, 2.45) is 0 Å². The number of aromatic nitrogens is 4. The fourth-order valence-corrected chi connectivity index (χ4v) is 1.17. The standard InChI is InChI=1S/C9H11N5/c1-2-14-6-8(5-13-14)7-3-11-9(10)12-4-7/h3-6H,2H2,1H3,(H2,10,11,12). The Hall–Kier alpha value is -1.91. The van der Waals surface area contributed by atoms with Crippen LogP contribution < -0.4 is 5.73 Å². The predicted molar refractivity (Wildman–Crippen MR) is 53.3 cm³/mol. The first-order valence-corrected chi connectivity index (χ1v) is 4.40. The molecule has 0 bridgehead atoms. The molecular weight excluding hydrogens is 178 g/mol. The van der Waals surface area contributed by atoms with E-state index in [0.717, 1.165) is 17.7 Å². The normalized spacial score (nSPS) is 10.4. The molecule has 0 fully saturated rings. The summed E-state index contributed by atoms with van der Waals surface area (Å²) in [5, 5.41) is 4.16. The van der Waals surface area contributed by atoms with E-state index < -0.39 is 0 Å². The summed E-state index contributed by atoms with van der Waals surface area (Å²) in [5.41, 5.74) is 7.33. The average Bonchev–Trinajstić information content (AvgIpc) is 2.67. The summed E-state index contributed by atoms with van der Waals surface area (Å²) in [6.07, 6.45) is 7.13. The maximum absolute atomic E-state index is 5.39. The van der Waals surface area contributed by atoms with Crippen LogP contribution in [0.4, 0.5) is 5.95 Å². The SMILES string of the molecule is CCn1cc(-c2cnc(N)nc2)cn1. The Kier molecular flexibility index (Phi) is 2.14. The van der Waals surface area contributed by atoms with Crippen LogP contribution in [0.15, 0.2) is 24.8 Å². The lowest BCUT2D eigenvalue weighted by Crippen LogP contribution is -1.93. The minimum atomic E-state index is 0.289. The summed E-state index contributed by atoms with van der Waals surface area (Å²) < 4.78 is 1.85. The number of nitrogens with zero attached hydrogens (tertiary/aromatic N) is 4. The molecule has 72 valence electrons. The highest BCUT2D eigenvalue weighted by molar-refractivity contribution is 5.59. The van der Waals surface area contributed by atoms with Crippen molar-refractivity contribution >= 4 is 5.95 Å². The molecule has 14 heavy (non-hydrogen) atoms. The number of nitrogens with two attached hydrogens (primary N) is 1. The maximum atomic E-state index is 5.39. The molecule has 5 nitrogen and oxygen atoms in total. The molecule has 2 heterocycles. The monoisotopic (exact) mass is 189 g/mol. The van der Waals surface area contributed by atoms with Gasteiger partial charge in [-0.25, -0.2) is 9.97 Å². The van der Waals surface area contributed by atoms with Crippen molar-refractivity contribution in [1.29, 1.82) is 0 Å². The Balaban J connectivity index is 2.34. The molecule has 0 aliphatic rings. The second kappa shape index (κ2) is 3.45. The van der Waals surface area contributed by atoms with E-state index >= 15 is 0 Å². The molecule has 0 radical (unpaired) electrons. The number of nitrogen functional groups attached to an aromatic ring is 1. The van der Waals surface area contributed by atoms with Crippen LogP contribution in [0.1, 0.15) is 6.92 Å². The van der Waals surface area contributed by atoms with Crippen molar-refractivity contribution in [1.82, 2.24) is 19.7 Å². The van der Waals surface area contributed by atoms with Crippen LogP contribution in [0, 0.1) is 0 Å². The highest BCUT2D eigenvalue weighted by Crippen LogP contribution is 2.16. The summed E-state index contributed by atoms with van der Waals surface area (Å²) in [4.78, 5) is 7.84. The van der Waals surface area contributed by atoms with Crippen LogP contribution in [0.25, 0.3) is 11.1 Å². The highest BCUT2D eigenvalue weighted by Gasteiger charge is 2.01. The van der Waals surface area contributed by atoms with E-state index in [9.17, 15) is 0 Å². The zero-order chi connectivity index (χ0) is 9.97. The lowest BCUT2D eigenvalue weighted by Gasteiger charge is -1.95. The van der Waals surface area contributed by atoms with E-state index in [4.69, 9.17) is 5.73 Å². The molecule has 0 aliphatic heterocycles. The highest BCUT2D eigenvalue weighted by atomic mass is 15.3. The quantitative estimate of drug-likeness (QED) is 0.763. The first-order valence-electron chi connectivity index (χ1n) is 4.40. The summed E-state index contributed by atoms with van der Waals surface area (Å²) in [6, 6.07) is 0. The third kappa shape index (κ3) is 1.56. The van der Waals surface area contributed by atoms with Gasteiger partial charge >= 0.3 is 0 Å². The molecule has 2 aromatic rings. The van der Waals surface area contributed by atoms with Crippen molar-refractivity contribution in [3.63, 3.8) is 0 Å². The summed E-state index contributed by atoms with van der Waals surface area (Å²) >= 11 is 0. The smallest absolute Gasteiger partial charge is 0.219 e. The van der Waals surface area contributed by atoms with E-state index in [0.29, 0.717) is 0 Å². The van der Waals surface area contributed by atoms with Crippen molar-refractivity contribution in [2.45, 2.75) is 13.5 Å². The Morgan fingerprint density at radius 2 is 1.93 bits per heavy atom. The van der Waals surface area contributed by atoms with Crippen molar-refractivity contribution in [2.75, 3.05) is 5.73 Å². The molecule has 0 amide bonds. The first-order chi connectivity index (χ1) is 6.79. The van der Waals surface area contributed by atoms with Gasteiger partial charge in [-0.1, -0.05) is 0 Å². The van der Waals surface area contributed by atoms with Gasteiger partial charge in [0.05, 0.1) is 6.20 Å². The van der Waals surface area contributed by atoms with Crippen LogP contribution >= 0.6 is 0 Å². The number of aryl methyl sites for hydroxylation is 1. The van der Waals surface area contributed by atoms with Crippen LogP contribution in [-0.4, -0.2) is 19.7 Å². The molecule has 5 heteroatoms. The van der Waals surface area contributed by atoms with E-state index in [-0.39, 0.29) is 5.95 Å². The minimum absolute atomic E-state index is 0.289. The molecule has 0 aliphatic carbocycles. The average molecular weight is 189 g/mol. The van der Waals surface area contributed by atoms with Crippen LogP contribution in [0.3, 0.4) is 0 Å². The number of hydrogen-bond acceptors (Lipinski definition) is 4. The predicted octanol–water partition coefficient (Wildman–Crippen LogP) is 0.942. The summed E-state index contributed by atoms with van der Waals surface area (Å²) in [6.45, 7) is 2.89. The molecule has 0 unspecified atom stereocenters. The number of hydrogen-bond donors (Lipinski definition) is 1. The van der Waals surface area contributed by atoms with Gasteiger partial charge in [0.25, 0.3) is 0 Å². The summed E-state index contributed by atoms with van der Waals surface area (Å²) in [5.74, 6) is 0.289. The Morgan fingerprint density at radius 3 is 2.50 bits per heavy atom. The molecule has 0 saturated carbocycles. The topological polar surface area (TPSA) is 69.6 Å². The molecule has 0 saturated heterocycles. The fourth-order valence-electron chi connectivity index (χ4n) is 1.17. The van der Waals surface area contributed by atoms with Gasteiger partial charge in [0.15, 0.2) is 0 Å². The summed E-state index contributed by atoms with van der Waals surface area (Å²) in [7, 11) is 0. The van der Waals surface area contributed by atoms with Gasteiger partial charge in [-0.05, 0) is 6.92 Å². The molecule has 0 spiro atoms. The largest absolute Gasteiger partial charge is 0.368 e. The van der Waals surface area contributed by atoms with Gasteiger partial charge in [-0.15, -0.1) is 0 Å². The maximum Gasteiger partial charge on any atom is 0.219 e. The van der Waals surface area contributed by atoms with Crippen LogP contribution in [-0.2, 0) is 6.54 Å². The lowest BCUT2D eigenvalue weighted by atomic mass is 10.2. The fraction of sp³-hybridized carbons (Fsp3) is 0.222. The van der Waals surface area contributed by atoms with E-state index in [1.807, 2.05) is 17.8 Å². The van der Waals surface area contributed by atoms with E-state index in [1.165, 1.54) is 0 Å².